The maximum Gasteiger partial charge on any atom is 0.264 e. The topological polar surface area (TPSA) is 75.7 Å². The van der Waals surface area contributed by atoms with Gasteiger partial charge in [-0.05, 0) is 60.5 Å². The van der Waals surface area contributed by atoms with Gasteiger partial charge in [-0.1, -0.05) is 41.9 Å². The third-order valence-electron chi connectivity index (χ3n) is 4.63. The number of nitrogens with one attached hydrogen (secondary N) is 1. The van der Waals surface area contributed by atoms with Crippen molar-refractivity contribution >= 4 is 33.2 Å². The second-order valence-electron chi connectivity index (χ2n) is 6.75. The first-order chi connectivity index (χ1) is 14.9. The molecular weight excluding hydrogens is 436 g/mol. The maximum atomic E-state index is 13.3. The highest BCUT2D eigenvalue weighted by molar-refractivity contribution is 7.92. The van der Waals surface area contributed by atoms with Crippen LogP contribution in [0.5, 0.6) is 5.75 Å². The molecular formula is C23H23ClN2O4S. The number of amides is 1. The van der Waals surface area contributed by atoms with E-state index in [-0.39, 0.29) is 11.4 Å². The van der Waals surface area contributed by atoms with E-state index < -0.39 is 15.9 Å². The van der Waals surface area contributed by atoms with Crippen molar-refractivity contribution in [2.75, 3.05) is 24.5 Å². The summed E-state index contributed by atoms with van der Waals surface area (Å²) in [5.74, 6) is 0.138. The normalized spacial score (nSPS) is 11.0. The molecule has 0 saturated carbocycles. The van der Waals surface area contributed by atoms with Crippen molar-refractivity contribution in [3.05, 3.63) is 89.4 Å². The number of benzene rings is 3. The minimum atomic E-state index is -3.99. The first kappa shape index (κ1) is 22.7. The smallest absolute Gasteiger partial charge is 0.264 e. The Bertz CT molecular complexity index is 1100. The van der Waals surface area contributed by atoms with Crippen LogP contribution in [-0.4, -0.2) is 34.5 Å². The number of carbonyl (C=O) groups is 1. The van der Waals surface area contributed by atoms with Crippen molar-refractivity contribution in [1.82, 2.24) is 5.32 Å². The predicted octanol–water partition coefficient (Wildman–Crippen LogP) is 3.90. The zero-order valence-corrected chi connectivity index (χ0v) is 18.6. The maximum absolute atomic E-state index is 13.3. The molecule has 0 unspecified atom stereocenters. The van der Waals surface area contributed by atoms with Gasteiger partial charge in [0.05, 0.1) is 17.7 Å². The van der Waals surface area contributed by atoms with E-state index in [1.54, 1.807) is 36.4 Å². The van der Waals surface area contributed by atoms with Crippen molar-refractivity contribution in [3.63, 3.8) is 0 Å². The Morgan fingerprint density at radius 1 is 0.968 bits per heavy atom. The summed E-state index contributed by atoms with van der Waals surface area (Å²) in [7, 11) is -2.49. The van der Waals surface area contributed by atoms with Gasteiger partial charge in [0.1, 0.15) is 12.3 Å². The highest BCUT2D eigenvalue weighted by Gasteiger charge is 2.27. The number of methoxy groups -OCH3 is 1. The second kappa shape index (κ2) is 10.3. The highest BCUT2D eigenvalue weighted by atomic mass is 35.5. The van der Waals surface area contributed by atoms with Crippen LogP contribution < -0.4 is 14.4 Å². The lowest BCUT2D eigenvalue weighted by molar-refractivity contribution is -0.119. The monoisotopic (exact) mass is 458 g/mol. The highest BCUT2D eigenvalue weighted by Crippen LogP contribution is 2.26. The van der Waals surface area contributed by atoms with Crippen LogP contribution in [0.4, 0.5) is 5.69 Å². The summed E-state index contributed by atoms with van der Waals surface area (Å²) in [4.78, 5) is 12.7. The summed E-state index contributed by atoms with van der Waals surface area (Å²) in [6.45, 7) is 0.0463. The van der Waals surface area contributed by atoms with Gasteiger partial charge in [-0.2, -0.15) is 0 Å². The molecule has 0 aliphatic rings. The number of halogens is 1. The average Bonchev–Trinajstić information content (AvgIpc) is 2.79. The van der Waals surface area contributed by atoms with Gasteiger partial charge in [0.2, 0.25) is 5.91 Å². The van der Waals surface area contributed by atoms with E-state index in [2.05, 4.69) is 5.32 Å². The molecule has 8 heteroatoms. The standard InChI is InChI=1S/C23H23ClN2O4S/c1-30-21-11-13-22(14-12-21)31(28,29)26(20-9-7-19(24)8-10-20)17-23(27)25-16-15-18-5-3-2-4-6-18/h2-14H,15-17H2,1H3,(H,25,27). The van der Waals surface area contributed by atoms with E-state index in [9.17, 15) is 13.2 Å². The van der Waals surface area contributed by atoms with E-state index >= 15 is 0 Å². The quantitative estimate of drug-likeness (QED) is 0.527. The van der Waals surface area contributed by atoms with Crippen LogP contribution in [0.1, 0.15) is 5.56 Å². The lowest BCUT2D eigenvalue weighted by atomic mass is 10.1. The molecule has 0 heterocycles. The lowest BCUT2D eigenvalue weighted by Crippen LogP contribution is -2.41. The van der Waals surface area contributed by atoms with Gasteiger partial charge in [0.25, 0.3) is 10.0 Å². The minimum absolute atomic E-state index is 0.0559. The van der Waals surface area contributed by atoms with Crippen LogP contribution in [0.3, 0.4) is 0 Å². The van der Waals surface area contributed by atoms with Gasteiger partial charge in [-0.25, -0.2) is 8.42 Å². The van der Waals surface area contributed by atoms with E-state index in [0.717, 1.165) is 9.87 Å². The summed E-state index contributed by atoms with van der Waals surface area (Å²) in [6.07, 6.45) is 0.652. The molecule has 1 N–H and O–H groups in total. The SMILES string of the molecule is COc1ccc(S(=O)(=O)N(CC(=O)NCCc2ccccc2)c2ccc(Cl)cc2)cc1. The molecule has 0 spiro atoms. The minimum Gasteiger partial charge on any atom is -0.497 e. The first-order valence-corrected chi connectivity index (χ1v) is 11.4. The van der Waals surface area contributed by atoms with E-state index in [4.69, 9.17) is 16.3 Å². The fourth-order valence-corrected chi connectivity index (χ4v) is 4.52. The molecule has 162 valence electrons. The molecule has 0 atom stereocenters. The molecule has 31 heavy (non-hydrogen) atoms. The molecule has 0 aromatic heterocycles. The van der Waals surface area contributed by atoms with E-state index in [1.807, 2.05) is 30.3 Å². The number of anilines is 1. The number of rotatable bonds is 9. The van der Waals surface area contributed by atoms with Gasteiger partial charge in [0, 0.05) is 11.6 Å². The number of ether oxygens (including phenoxy) is 1. The third-order valence-corrected chi connectivity index (χ3v) is 6.67. The lowest BCUT2D eigenvalue weighted by Gasteiger charge is -2.24. The summed E-state index contributed by atoms with van der Waals surface area (Å²) in [5, 5.41) is 3.26. The molecule has 0 aliphatic carbocycles. The average molecular weight is 459 g/mol. The number of hydrogen-bond donors (Lipinski definition) is 1. The van der Waals surface area contributed by atoms with E-state index in [0.29, 0.717) is 29.4 Å². The van der Waals surface area contributed by atoms with Crippen molar-refractivity contribution in [3.8, 4) is 5.75 Å². The molecule has 0 aliphatic heterocycles. The van der Waals surface area contributed by atoms with Crippen LogP contribution in [0, 0.1) is 0 Å². The molecule has 0 bridgehead atoms. The summed E-state index contributed by atoms with van der Waals surface area (Å²) >= 11 is 5.95. The Labute approximate surface area is 187 Å². The summed E-state index contributed by atoms with van der Waals surface area (Å²) < 4.78 is 32.8. The van der Waals surface area contributed by atoms with Gasteiger partial charge in [-0.3, -0.25) is 9.10 Å². The first-order valence-electron chi connectivity index (χ1n) is 9.63. The van der Waals surface area contributed by atoms with Crippen LogP contribution >= 0.6 is 11.6 Å². The molecule has 0 saturated heterocycles. The third kappa shape index (κ3) is 5.99. The Balaban J connectivity index is 1.79. The Morgan fingerprint density at radius 3 is 2.23 bits per heavy atom. The van der Waals surface area contributed by atoms with Crippen molar-refractivity contribution in [2.24, 2.45) is 0 Å². The Hall–Kier alpha value is -3.03. The van der Waals surface area contributed by atoms with Gasteiger partial charge >= 0.3 is 0 Å². The van der Waals surface area contributed by atoms with Gasteiger partial charge < -0.3 is 10.1 Å². The largest absolute Gasteiger partial charge is 0.497 e. The zero-order chi connectivity index (χ0) is 22.3. The molecule has 3 rings (SSSR count). The molecule has 0 fully saturated rings. The summed E-state index contributed by atoms with van der Waals surface area (Å²) in [6, 6.07) is 22.1. The molecule has 6 nitrogen and oxygen atoms in total. The number of carbonyl (C=O) groups excluding carboxylic acids is 1. The van der Waals surface area contributed by atoms with Gasteiger partial charge in [0.15, 0.2) is 0 Å². The van der Waals surface area contributed by atoms with Crippen LogP contribution in [-0.2, 0) is 21.2 Å². The molecule has 0 radical (unpaired) electrons. The van der Waals surface area contributed by atoms with Crippen LogP contribution in [0.25, 0.3) is 0 Å². The van der Waals surface area contributed by atoms with Crippen molar-refractivity contribution < 1.29 is 17.9 Å². The summed E-state index contributed by atoms with van der Waals surface area (Å²) in [5.41, 5.74) is 1.43. The second-order valence-corrected chi connectivity index (χ2v) is 9.05. The van der Waals surface area contributed by atoms with E-state index in [1.165, 1.54) is 19.2 Å². The fourth-order valence-electron chi connectivity index (χ4n) is 2.97. The molecule has 3 aromatic rings. The molecule has 1 amide bonds. The molecule has 3 aromatic carbocycles. The Morgan fingerprint density at radius 2 is 1.61 bits per heavy atom. The Kier molecular flexibility index (Phi) is 7.55. The van der Waals surface area contributed by atoms with Crippen LogP contribution in [0.2, 0.25) is 5.02 Å². The number of hydrogen-bond acceptors (Lipinski definition) is 4. The fraction of sp³-hybridized carbons (Fsp3) is 0.174. The van der Waals surface area contributed by atoms with Gasteiger partial charge in [-0.15, -0.1) is 0 Å². The predicted molar refractivity (Wildman–Crippen MR) is 122 cm³/mol. The van der Waals surface area contributed by atoms with Crippen molar-refractivity contribution in [2.45, 2.75) is 11.3 Å². The van der Waals surface area contributed by atoms with Crippen molar-refractivity contribution in [1.29, 1.82) is 0 Å². The van der Waals surface area contributed by atoms with Crippen LogP contribution in [0.15, 0.2) is 83.8 Å². The number of nitrogens with zero attached hydrogens (tertiary/aromatic N) is 1. The zero-order valence-electron chi connectivity index (χ0n) is 17.0. The number of sulfonamides is 1.